The molecule has 0 amide bonds. The highest BCUT2D eigenvalue weighted by atomic mass is 32.1. The van der Waals surface area contributed by atoms with Crippen LogP contribution in [-0.2, 0) is 13.0 Å². The van der Waals surface area contributed by atoms with E-state index in [1.54, 1.807) is 0 Å². The van der Waals surface area contributed by atoms with E-state index < -0.39 is 0 Å². The van der Waals surface area contributed by atoms with Gasteiger partial charge in [-0.1, -0.05) is 32.0 Å². The summed E-state index contributed by atoms with van der Waals surface area (Å²) >= 11 is 1.83. The molecule has 1 aliphatic rings. The van der Waals surface area contributed by atoms with Crippen LogP contribution in [0.4, 0.5) is 0 Å². The van der Waals surface area contributed by atoms with Crippen molar-refractivity contribution in [3.63, 3.8) is 0 Å². The average Bonchev–Trinajstić information content (AvgIpc) is 3.03. The number of thiazole rings is 1. The van der Waals surface area contributed by atoms with Crippen molar-refractivity contribution < 1.29 is 4.74 Å². The first-order valence-electron chi connectivity index (χ1n) is 7.53. The Labute approximate surface area is 130 Å². The van der Waals surface area contributed by atoms with Crippen LogP contribution in [0.15, 0.2) is 24.3 Å². The zero-order valence-corrected chi connectivity index (χ0v) is 13.7. The van der Waals surface area contributed by atoms with Gasteiger partial charge in [0.05, 0.1) is 11.6 Å². The van der Waals surface area contributed by atoms with Crippen molar-refractivity contribution in [1.82, 2.24) is 10.3 Å². The lowest BCUT2D eigenvalue weighted by molar-refractivity contribution is 0.343. The topological polar surface area (TPSA) is 34.1 Å². The van der Waals surface area contributed by atoms with E-state index in [9.17, 15) is 0 Å². The second-order valence-electron chi connectivity index (χ2n) is 5.95. The number of hydrogen-bond acceptors (Lipinski definition) is 4. The number of hydrogen-bond donors (Lipinski definition) is 1. The summed E-state index contributed by atoms with van der Waals surface area (Å²) < 4.78 is 5.81. The number of ether oxygens (including phenoxy) is 1. The fourth-order valence-electron chi connectivity index (χ4n) is 2.76. The van der Waals surface area contributed by atoms with Gasteiger partial charge in [-0.2, -0.15) is 0 Å². The molecule has 2 heterocycles. The molecule has 1 aromatic carbocycles. The molecular weight excluding hydrogens is 280 g/mol. The average molecular weight is 302 g/mol. The monoisotopic (exact) mass is 302 g/mol. The second kappa shape index (κ2) is 6.16. The predicted octanol–water partition coefficient (Wildman–Crippen LogP) is 3.59. The molecule has 4 heteroatoms. The van der Waals surface area contributed by atoms with Crippen molar-refractivity contribution in [3.8, 4) is 5.75 Å². The molecule has 0 radical (unpaired) electrons. The minimum Gasteiger partial charge on any atom is -0.492 e. The van der Waals surface area contributed by atoms with Gasteiger partial charge in [0.1, 0.15) is 17.4 Å². The summed E-state index contributed by atoms with van der Waals surface area (Å²) in [5.41, 5.74) is 2.53. The molecule has 3 nitrogen and oxygen atoms in total. The lowest BCUT2D eigenvalue weighted by atomic mass is 10.0. The SMILES string of the molecule is CNCc1sc(C2COc3ccccc32)nc1CC(C)C. The molecule has 21 heavy (non-hydrogen) atoms. The highest BCUT2D eigenvalue weighted by molar-refractivity contribution is 7.11. The molecule has 0 fully saturated rings. The molecule has 0 saturated heterocycles. The molecule has 0 spiro atoms. The normalized spacial score (nSPS) is 17.0. The van der Waals surface area contributed by atoms with E-state index >= 15 is 0 Å². The molecule has 1 atom stereocenters. The standard InChI is InChI=1S/C17H22N2OS/c1-11(2)8-14-16(9-18-3)21-17(19-14)13-10-20-15-7-5-4-6-12(13)15/h4-7,11,13,18H,8-10H2,1-3H3. The summed E-state index contributed by atoms with van der Waals surface area (Å²) in [4.78, 5) is 6.31. The molecule has 0 aliphatic carbocycles. The number of aromatic nitrogens is 1. The Kier molecular flexibility index (Phi) is 4.27. The quantitative estimate of drug-likeness (QED) is 0.916. The zero-order chi connectivity index (χ0) is 14.8. The molecule has 1 aromatic heterocycles. The van der Waals surface area contributed by atoms with Crippen LogP contribution in [0.2, 0.25) is 0 Å². The molecule has 112 valence electrons. The van der Waals surface area contributed by atoms with E-state index in [1.165, 1.54) is 21.1 Å². The van der Waals surface area contributed by atoms with Gasteiger partial charge in [0, 0.05) is 17.0 Å². The van der Waals surface area contributed by atoms with Crippen LogP contribution in [0.1, 0.15) is 40.9 Å². The molecule has 1 N–H and O–H groups in total. The van der Waals surface area contributed by atoms with Crippen molar-refractivity contribution in [2.24, 2.45) is 5.92 Å². The largest absolute Gasteiger partial charge is 0.492 e. The van der Waals surface area contributed by atoms with Crippen molar-refractivity contribution in [3.05, 3.63) is 45.4 Å². The van der Waals surface area contributed by atoms with Crippen LogP contribution in [0.25, 0.3) is 0 Å². The number of rotatable bonds is 5. The molecular formula is C17H22N2OS. The summed E-state index contributed by atoms with van der Waals surface area (Å²) in [7, 11) is 1.99. The Morgan fingerprint density at radius 1 is 1.38 bits per heavy atom. The summed E-state index contributed by atoms with van der Waals surface area (Å²) in [6.07, 6.45) is 1.04. The van der Waals surface area contributed by atoms with Crippen LogP contribution in [-0.4, -0.2) is 18.6 Å². The van der Waals surface area contributed by atoms with Gasteiger partial charge in [-0.05, 0) is 25.5 Å². The first-order valence-corrected chi connectivity index (χ1v) is 8.35. The molecule has 1 aliphatic heterocycles. The van der Waals surface area contributed by atoms with E-state index in [0.29, 0.717) is 18.4 Å². The fourth-order valence-corrected chi connectivity index (χ4v) is 3.97. The molecule has 1 unspecified atom stereocenters. The van der Waals surface area contributed by atoms with Gasteiger partial charge >= 0.3 is 0 Å². The van der Waals surface area contributed by atoms with E-state index in [4.69, 9.17) is 9.72 Å². The van der Waals surface area contributed by atoms with Crippen molar-refractivity contribution in [2.45, 2.75) is 32.7 Å². The Morgan fingerprint density at radius 2 is 2.19 bits per heavy atom. The summed E-state index contributed by atoms with van der Waals surface area (Å²) in [5.74, 6) is 1.93. The number of nitrogens with one attached hydrogen (secondary N) is 1. The fraction of sp³-hybridized carbons (Fsp3) is 0.471. The summed E-state index contributed by atoms with van der Waals surface area (Å²) in [6, 6.07) is 8.32. The lowest BCUT2D eigenvalue weighted by Gasteiger charge is -2.04. The Balaban J connectivity index is 1.93. The number of fused-ring (bicyclic) bond motifs is 1. The van der Waals surface area contributed by atoms with Crippen molar-refractivity contribution in [2.75, 3.05) is 13.7 Å². The van der Waals surface area contributed by atoms with Crippen LogP contribution < -0.4 is 10.1 Å². The third-order valence-corrected chi connectivity index (χ3v) is 4.94. The summed E-state index contributed by atoms with van der Waals surface area (Å²) in [6.45, 7) is 6.11. The Hall–Kier alpha value is -1.39. The highest BCUT2D eigenvalue weighted by Crippen LogP contribution is 2.40. The lowest BCUT2D eigenvalue weighted by Crippen LogP contribution is -2.07. The van der Waals surface area contributed by atoms with Gasteiger partial charge in [0.2, 0.25) is 0 Å². The smallest absolute Gasteiger partial charge is 0.123 e. The van der Waals surface area contributed by atoms with Gasteiger partial charge in [-0.25, -0.2) is 4.98 Å². The third-order valence-electron chi connectivity index (χ3n) is 3.73. The van der Waals surface area contributed by atoms with Crippen LogP contribution in [0.5, 0.6) is 5.75 Å². The van der Waals surface area contributed by atoms with Gasteiger partial charge < -0.3 is 10.1 Å². The molecule has 0 saturated carbocycles. The first-order chi connectivity index (χ1) is 10.2. The van der Waals surface area contributed by atoms with Crippen LogP contribution in [0, 0.1) is 5.92 Å². The number of para-hydroxylation sites is 1. The maximum Gasteiger partial charge on any atom is 0.123 e. The third kappa shape index (κ3) is 2.97. The van der Waals surface area contributed by atoms with Crippen molar-refractivity contribution in [1.29, 1.82) is 0 Å². The second-order valence-corrected chi connectivity index (χ2v) is 7.07. The van der Waals surface area contributed by atoms with Gasteiger partial charge in [-0.3, -0.25) is 0 Å². The maximum absolute atomic E-state index is 5.81. The van der Waals surface area contributed by atoms with E-state index in [-0.39, 0.29) is 0 Å². The van der Waals surface area contributed by atoms with Crippen molar-refractivity contribution >= 4 is 11.3 Å². The van der Waals surface area contributed by atoms with Gasteiger partial charge in [0.15, 0.2) is 0 Å². The van der Waals surface area contributed by atoms with E-state index in [1.807, 2.05) is 30.5 Å². The Morgan fingerprint density at radius 3 is 2.95 bits per heavy atom. The predicted molar refractivity (Wildman–Crippen MR) is 87.2 cm³/mol. The maximum atomic E-state index is 5.81. The minimum atomic E-state index is 0.294. The molecule has 3 rings (SSSR count). The zero-order valence-electron chi connectivity index (χ0n) is 12.8. The van der Waals surface area contributed by atoms with E-state index in [0.717, 1.165) is 18.7 Å². The van der Waals surface area contributed by atoms with Gasteiger partial charge in [0.25, 0.3) is 0 Å². The number of nitrogens with zero attached hydrogens (tertiary/aromatic N) is 1. The van der Waals surface area contributed by atoms with E-state index in [2.05, 4.69) is 31.3 Å². The van der Waals surface area contributed by atoms with Crippen LogP contribution >= 0.6 is 11.3 Å². The highest BCUT2D eigenvalue weighted by Gasteiger charge is 2.28. The Bertz CT molecular complexity index is 621. The number of benzene rings is 1. The minimum absolute atomic E-state index is 0.294. The molecule has 2 aromatic rings. The van der Waals surface area contributed by atoms with Crippen LogP contribution in [0.3, 0.4) is 0 Å². The molecule has 0 bridgehead atoms. The summed E-state index contributed by atoms with van der Waals surface area (Å²) in [5, 5.41) is 4.46. The van der Waals surface area contributed by atoms with Gasteiger partial charge in [-0.15, -0.1) is 11.3 Å². The first kappa shape index (κ1) is 14.5.